The van der Waals surface area contributed by atoms with Crippen LogP contribution in [0.15, 0.2) is 259 Å². The molecule has 0 saturated heterocycles. The van der Waals surface area contributed by atoms with Gasteiger partial charge in [0.05, 0.1) is 16.7 Å². The number of hydrogen-bond acceptors (Lipinski definition) is 2. The van der Waals surface area contributed by atoms with Gasteiger partial charge in [0.15, 0.2) is 0 Å². The molecule has 0 bridgehead atoms. The smallest absolute Gasteiger partial charge is 0.136 e. The van der Waals surface area contributed by atoms with E-state index < -0.39 is 0 Å². The topological polar surface area (TPSA) is 21.3 Å². The van der Waals surface area contributed by atoms with Crippen molar-refractivity contribution in [1.29, 1.82) is 0 Å². The lowest BCUT2D eigenvalue weighted by Crippen LogP contribution is -2.10. The highest BCUT2D eigenvalue weighted by Gasteiger charge is 2.18. The number of para-hydroxylation sites is 3. The van der Waals surface area contributed by atoms with Gasteiger partial charge in [-0.3, -0.25) is 0 Å². The second-order valence-corrected chi connectivity index (χ2v) is 17.3. The Balaban J connectivity index is 0.819. The molecule has 0 aliphatic heterocycles. The maximum Gasteiger partial charge on any atom is 0.136 e. The molecule has 3 heteroatoms. The summed E-state index contributed by atoms with van der Waals surface area (Å²) in [5.74, 6) is 0. The van der Waals surface area contributed by atoms with E-state index in [0.717, 1.165) is 61.4 Å². The molecule has 0 fully saturated rings. The van der Waals surface area contributed by atoms with Crippen molar-refractivity contribution in [3.63, 3.8) is 0 Å². The molecule has 0 amide bonds. The predicted octanol–water partition coefficient (Wildman–Crippen LogP) is 18.0. The molecule has 13 rings (SSSR count). The van der Waals surface area contributed by atoms with Crippen molar-refractivity contribution in [3.8, 4) is 50.2 Å². The van der Waals surface area contributed by atoms with Gasteiger partial charge in [0.1, 0.15) is 11.2 Å². The molecule has 11 aromatic carbocycles. The second-order valence-electron chi connectivity index (χ2n) is 17.3. The first-order valence-corrected chi connectivity index (χ1v) is 22.9. The SMILES string of the molecule is c1cc(-c2ccc(N(c3ccc(-c4ccc(-c5cccc(-n6c7ccccc7c7ccccc76)c5)cc4)cc3)c3cccc4ccccc34)cc2)cc(-c2cccc3oc4ccccc4c23)c1. The van der Waals surface area contributed by atoms with Crippen molar-refractivity contribution >= 4 is 71.6 Å². The van der Waals surface area contributed by atoms with Crippen LogP contribution in [0.25, 0.3) is 105 Å². The van der Waals surface area contributed by atoms with Crippen LogP contribution in [-0.4, -0.2) is 4.57 Å². The van der Waals surface area contributed by atoms with E-state index in [-0.39, 0.29) is 0 Å². The maximum atomic E-state index is 6.24. The lowest BCUT2D eigenvalue weighted by atomic mass is 9.95. The van der Waals surface area contributed by atoms with Gasteiger partial charge < -0.3 is 13.9 Å². The highest BCUT2D eigenvalue weighted by molar-refractivity contribution is 6.13. The lowest BCUT2D eigenvalue weighted by Gasteiger charge is -2.27. The molecule has 0 unspecified atom stereocenters. The molecule has 2 aromatic heterocycles. The number of aromatic nitrogens is 1. The zero-order valence-corrected chi connectivity index (χ0v) is 36.6. The van der Waals surface area contributed by atoms with Crippen LogP contribution in [0.2, 0.25) is 0 Å². The summed E-state index contributed by atoms with van der Waals surface area (Å²) in [5, 5.41) is 7.22. The van der Waals surface area contributed by atoms with Crippen molar-refractivity contribution in [3.05, 3.63) is 255 Å². The Bertz CT molecular complexity index is 3910. The van der Waals surface area contributed by atoms with Crippen LogP contribution in [0.1, 0.15) is 0 Å². The monoisotopic (exact) mass is 854 g/mol. The summed E-state index contributed by atoms with van der Waals surface area (Å²) in [5.41, 5.74) is 18.1. The van der Waals surface area contributed by atoms with Crippen LogP contribution < -0.4 is 4.90 Å². The van der Waals surface area contributed by atoms with Crippen LogP contribution in [0.4, 0.5) is 17.1 Å². The Kier molecular flexibility index (Phi) is 9.17. The van der Waals surface area contributed by atoms with Crippen molar-refractivity contribution in [2.45, 2.75) is 0 Å². The van der Waals surface area contributed by atoms with E-state index in [1.807, 2.05) is 12.1 Å². The molecular formula is C64H42N2O. The van der Waals surface area contributed by atoms with Gasteiger partial charge in [-0.15, -0.1) is 0 Å². The molecule has 0 saturated carbocycles. The van der Waals surface area contributed by atoms with Crippen molar-refractivity contribution in [2.24, 2.45) is 0 Å². The van der Waals surface area contributed by atoms with Crippen LogP contribution in [0.3, 0.4) is 0 Å². The molecule has 2 heterocycles. The molecule has 0 aliphatic rings. The number of rotatable bonds is 8. The summed E-state index contributed by atoms with van der Waals surface area (Å²) in [6, 6.07) is 91.9. The van der Waals surface area contributed by atoms with Crippen LogP contribution >= 0.6 is 0 Å². The second kappa shape index (κ2) is 16.0. The standard InChI is InChI=1S/C64H42N2O/c1-2-19-54-47(13-1)14-11-26-59(54)65(52-39-35-46(36-40-52)48-15-9-17-50(41-48)55-23-12-28-63-64(55)58-22-5-8-27-62(58)67-63)51-37-33-44(34-38-51)43-29-31-45(32-30-43)49-16-10-18-53(42-49)66-60-24-6-3-20-56(60)57-21-4-7-25-61(57)66/h1-42H. The molecule has 0 aliphatic carbocycles. The number of nitrogens with zero attached hydrogens (tertiary/aromatic N) is 2. The Morgan fingerprint density at radius 1 is 0.313 bits per heavy atom. The van der Waals surface area contributed by atoms with Crippen molar-refractivity contribution in [2.75, 3.05) is 4.90 Å². The first-order valence-electron chi connectivity index (χ1n) is 22.9. The number of furan rings is 1. The Hall–Kier alpha value is -8.92. The Morgan fingerprint density at radius 3 is 1.48 bits per heavy atom. The number of hydrogen-bond donors (Lipinski definition) is 0. The first-order chi connectivity index (χ1) is 33.2. The Labute approximate surface area is 388 Å². The molecule has 3 nitrogen and oxygen atoms in total. The van der Waals surface area contributed by atoms with E-state index in [1.165, 1.54) is 60.4 Å². The van der Waals surface area contributed by atoms with Gasteiger partial charge in [0.2, 0.25) is 0 Å². The molecule has 314 valence electrons. The number of fused-ring (bicyclic) bond motifs is 7. The maximum absolute atomic E-state index is 6.24. The van der Waals surface area contributed by atoms with Gasteiger partial charge in [-0.1, -0.05) is 182 Å². The van der Waals surface area contributed by atoms with Crippen molar-refractivity contribution < 1.29 is 4.42 Å². The summed E-state index contributed by atoms with van der Waals surface area (Å²) >= 11 is 0. The van der Waals surface area contributed by atoms with Crippen LogP contribution in [0, 0.1) is 0 Å². The van der Waals surface area contributed by atoms with E-state index in [1.54, 1.807) is 0 Å². The fourth-order valence-electron chi connectivity index (χ4n) is 10.2. The summed E-state index contributed by atoms with van der Waals surface area (Å²) in [6.07, 6.45) is 0. The lowest BCUT2D eigenvalue weighted by molar-refractivity contribution is 0.669. The predicted molar refractivity (Wildman–Crippen MR) is 282 cm³/mol. The molecule has 13 aromatic rings. The van der Waals surface area contributed by atoms with Gasteiger partial charge in [0.25, 0.3) is 0 Å². The molecule has 0 radical (unpaired) electrons. The van der Waals surface area contributed by atoms with Crippen LogP contribution in [-0.2, 0) is 0 Å². The molecule has 0 spiro atoms. The van der Waals surface area contributed by atoms with E-state index >= 15 is 0 Å². The fraction of sp³-hybridized carbons (Fsp3) is 0. The van der Waals surface area contributed by atoms with Crippen LogP contribution in [0.5, 0.6) is 0 Å². The minimum Gasteiger partial charge on any atom is -0.456 e. The highest BCUT2D eigenvalue weighted by atomic mass is 16.3. The Morgan fingerprint density at radius 2 is 0.791 bits per heavy atom. The van der Waals surface area contributed by atoms with Gasteiger partial charge >= 0.3 is 0 Å². The fourth-order valence-corrected chi connectivity index (χ4v) is 10.2. The van der Waals surface area contributed by atoms with Gasteiger partial charge in [0, 0.05) is 44.0 Å². The average molecular weight is 855 g/mol. The molecule has 0 N–H and O–H groups in total. The van der Waals surface area contributed by atoms with E-state index in [0.29, 0.717) is 0 Å². The zero-order valence-electron chi connectivity index (χ0n) is 36.6. The largest absolute Gasteiger partial charge is 0.456 e. The number of benzene rings is 11. The molecule has 67 heavy (non-hydrogen) atoms. The normalized spacial score (nSPS) is 11.6. The molecule has 0 atom stereocenters. The summed E-state index contributed by atoms with van der Waals surface area (Å²) in [4.78, 5) is 2.38. The number of anilines is 3. The van der Waals surface area contributed by atoms with E-state index in [9.17, 15) is 0 Å². The third-order valence-electron chi connectivity index (χ3n) is 13.4. The highest BCUT2D eigenvalue weighted by Crippen LogP contribution is 2.42. The first kappa shape index (κ1) is 38.5. The summed E-state index contributed by atoms with van der Waals surface area (Å²) in [7, 11) is 0. The third-order valence-corrected chi connectivity index (χ3v) is 13.4. The minimum atomic E-state index is 0.904. The average Bonchev–Trinajstić information content (AvgIpc) is 3.96. The van der Waals surface area contributed by atoms with Gasteiger partial charge in [-0.2, -0.15) is 0 Å². The van der Waals surface area contributed by atoms with Crippen molar-refractivity contribution in [1.82, 2.24) is 4.57 Å². The summed E-state index contributed by atoms with van der Waals surface area (Å²) in [6.45, 7) is 0. The quantitative estimate of drug-likeness (QED) is 0.152. The van der Waals surface area contributed by atoms with Gasteiger partial charge in [-0.25, -0.2) is 0 Å². The zero-order chi connectivity index (χ0) is 44.3. The van der Waals surface area contributed by atoms with E-state index in [2.05, 4.69) is 252 Å². The van der Waals surface area contributed by atoms with Gasteiger partial charge in [-0.05, 0) is 123 Å². The van der Waals surface area contributed by atoms with E-state index in [4.69, 9.17) is 4.42 Å². The molecular weight excluding hydrogens is 813 g/mol. The summed E-state index contributed by atoms with van der Waals surface area (Å²) < 4.78 is 8.62. The third kappa shape index (κ3) is 6.67. The minimum absolute atomic E-state index is 0.904.